The van der Waals surface area contributed by atoms with Gasteiger partial charge >= 0.3 is 0 Å². The number of unbranched alkanes of at least 4 members (excludes halogenated alkanes) is 1. The highest BCUT2D eigenvalue weighted by Gasteiger charge is 1.98. The first-order valence-electron chi connectivity index (χ1n) is 6.48. The Morgan fingerprint density at radius 3 is 2.82 bits per heavy atom. The lowest BCUT2D eigenvalue weighted by Gasteiger charge is -2.08. The van der Waals surface area contributed by atoms with Crippen molar-refractivity contribution in [1.82, 2.24) is 9.88 Å². The van der Waals surface area contributed by atoms with Gasteiger partial charge in [-0.1, -0.05) is 19.9 Å². The first-order chi connectivity index (χ1) is 8.11. The maximum atomic E-state index is 11.7. The molecule has 0 saturated carbocycles. The van der Waals surface area contributed by atoms with Gasteiger partial charge in [0.05, 0.1) is 0 Å². The van der Waals surface area contributed by atoms with Gasteiger partial charge in [0.25, 0.3) is 5.56 Å². The van der Waals surface area contributed by atoms with Crippen molar-refractivity contribution in [3.63, 3.8) is 0 Å². The molecule has 3 heteroatoms. The average molecular weight is 236 g/mol. The van der Waals surface area contributed by atoms with Crippen molar-refractivity contribution in [2.24, 2.45) is 5.92 Å². The van der Waals surface area contributed by atoms with E-state index in [1.54, 1.807) is 4.57 Å². The first kappa shape index (κ1) is 14.0. The van der Waals surface area contributed by atoms with Crippen LogP contribution in [0.3, 0.4) is 0 Å². The molecule has 0 fully saturated rings. The summed E-state index contributed by atoms with van der Waals surface area (Å²) in [6, 6.07) is 3.80. The summed E-state index contributed by atoms with van der Waals surface area (Å²) < 4.78 is 1.80. The van der Waals surface area contributed by atoms with Crippen molar-refractivity contribution >= 4 is 0 Å². The summed E-state index contributed by atoms with van der Waals surface area (Å²) in [5.41, 5.74) is 0.966. The predicted octanol–water partition coefficient (Wildman–Crippen LogP) is 2.18. The van der Waals surface area contributed by atoms with Gasteiger partial charge in [-0.25, -0.2) is 0 Å². The van der Waals surface area contributed by atoms with Crippen LogP contribution >= 0.6 is 0 Å². The van der Waals surface area contributed by atoms with E-state index in [-0.39, 0.29) is 5.56 Å². The molecule has 0 atom stereocenters. The normalized spacial score (nSPS) is 11.1. The highest BCUT2D eigenvalue weighted by Crippen LogP contribution is 1.95. The number of hydrogen-bond donors (Lipinski definition) is 1. The summed E-state index contributed by atoms with van der Waals surface area (Å²) in [5.74, 6) is 0.703. The molecule has 3 nitrogen and oxygen atoms in total. The molecule has 0 amide bonds. The Bertz CT molecular complexity index is 382. The fourth-order valence-electron chi connectivity index (χ4n) is 1.76. The Balaban J connectivity index is 2.23. The maximum absolute atomic E-state index is 11.7. The largest absolute Gasteiger partial charge is 0.316 e. The number of hydrogen-bond acceptors (Lipinski definition) is 2. The third-order valence-corrected chi connectivity index (χ3v) is 2.77. The number of rotatable bonds is 7. The van der Waals surface area contributed by atoms with Crippen LogP contribution in [0.25, 0.3) is 0 Å². The molecule has 0 spiro atoms. The van der Waals surface area contributed by atoms with Crippen molar-refractivity contribution in [3.05, 3.63) is 34.2 Å². The molecule has 0 aromatic carbocycles. The molecule has 17 heavy (non-hydrogen) atoms. The zero-order chi connectivity index (χ0) is 12.7. The monoisotopic (exact) mass is 236 g/mol. The fourth-order valence-corrected chi connectivity index (χ4v) is 1.76. The summed E-state index contributed by atoms with van der Waals surface area (Å²) in [6.45, 7) is 9.22. The SMILES string of the molecule is Cc1cccn(CCCCNCC(C)C)c1=O. The second-order valence-corrected chi connectivity index (χ2v) is 4.99. The van der Waals surface area contributed by atoms with Gasteiger partial charge in [-0.05, 0) is 44.8 Å². The maximum Gasteiger partial charge on any atom is 0.253 e. The molecule has 1 N–H and O–H groups in total. The van der Waals surface area contributed by atoms with Crippen molar-refractivity contribution in [2.75, 3.05) is 13.1 Å². The van der Waals surface area contributed by atoms with E-state index in [4.69, 9.17) is 0 Å². The third kappa shape index (κ3) is 5.18. The van der Waals surface area contributed by atoms with Gasteiger partial charge in [0.15, 0.2) is 0 Å². The highest BCUT2D eigenvalue weighted by atomic mass is 16.1. The van der Waals surface area contributed by atoms with Gasteiger partial charge in [-0.3, -0.25) is 4.79 Å². The Kier molecular flexibility index (Phi) is 5.98. The van der Waals surface area contributed by atoms with Crippen LogP contribution in [-0.4, -0.2) is 17.7 Å². The molecule has 1 aromatic rings. The molecule has 1 rings (SSSR count). The molecule has 1 aromatic heterocycles. The molecular formula is C14H24N2O. The summed E-state index contributed by atoms with van der Waals surface area (Å²) in [5, 5.41) is 3.41. The molecule has 0 unspecified atom stereocenters. The van der Waals surface area contributed by atoms with Gasteiger partial charge in [-0.2, -0.15) is 0 Å². The quantitative estimate of drug-likeness (QED) is 0.736. The fraction of sp³-hybridized carbons (Fsp3) is 0.643. The summed E-state index contributed by atoms with van der Waals surface area (Å²) in [6.07, 6.45) is 4.04. The van der Waals surface area contributed by atoms with Gasteiger partial charge in [0.2, 0.25) is 0 Å². The van der Waals surface area contributed by atoms with Gasteiger partial charge in [0, 0.05) is 18.3 Å². The Morgan fingerprint density at radius 2 is 2.12 bits per heavy atom. The molecule has 0 aliphatic rings. The lowest BCUT2D eigenvalue weighted by Crippen LogP contribution is -2.23. The minimum atomic E-state index is 0.141. The number of pyridine rings is 1. The molecular weight excluding hydrogens is 212 g/mol. The first-order valence-corrected chi connectivity index (χ1v) is 6.48. The van der Waals surface area contributed by atoms with E-state index < -0.39 is 0 Å². The smallest absolute Gasteiger partial charge is 0.253 e. The Labute approximate surface area is 104 Å². The Morgan fingerprint density at radius 1 is 1.35 bits per heavy atom. The van der Waals surface area contributed by atoms with E-state index in [2.05, 4.69) is 19.2 Å². The van der Waals surface area contributed by atoms with Crippen LogP contribution in [-0.2, 0) is 6.54 Å². The van der Waals surface area contributed by atoms with Crippen LogP contribution in [0.2, 0.25) is 0 Å². The average Bonchev–Trinajstić information content (AvgIpc) is 2.28. The molecule has 0 saturated heterocycles. The van der Waals surface area contributed by atoms with Gasteiger partial charge in [-0.15, -0.1) is 0 Å². The molecule has 0 aliphatic carbocycles. The lowest BCUT2D eigenvalue weighted by molar-refractivity contribution is 0.516. The van der Waals surface area contributed by atoms with Crippen molar-refractivity contribution < 1.29 is 0 Å². The van der Waals surface area contributed by atoms with Crippen molar-refractivity contribution in [2.45, 2.75) is 40.2 Å². The number of nitrogens with one attached hydrogen (secondary N) is 1. The van der Waals surface area contributed by atoms with E-state index >= 15 is 0 Å². The zero-order valence-corrected chi connectivity index (χ0v) is 11.2. The van der Waals surface area contributed by atoms with E-state index in [0.29, 0.717) is 5.92 Å². The third-order valence-electron chi connectivity index (χ3n) is 2.77. The van der Waals surface area contributed by atoms with Crippen LogP contribution in [0, 0.1) is 12.8 Å². The zero-order valence-electron chi connectivity index (χ0n) is 11.2. The summed E-state index contributed by atoms with van der Waals surface area (Å²) in [4.78, 5) is 11.7. The van der Waals surface area contributed by atoms with E-state index in [9.17, 15) is 4.79 Å². The van der Waals surface area contributed by atoms with Crippen LogP contribution in [0.15, 0.2) is 23.1 Å². The van der Waals surface area contributed by atoms with Crippen molar-refractivity contribution in [3.8, 4) is 0 Å². The van der Waals surface area contributed by atoms with Crippen molar-refractivity contribution in [1.29, 1.82) is 0 Å². The standard InChI is InChI=1S/C14H24N2O/c1-12(2)11-15-8-4-5-9-16-10-6-7-13(3)14(16)17/h6-7,10,12,15H,4-5,8-9,11H2,1-3H3. The van der Waals surface area contributed by atoms with Crippen LogP contribution < -0.4 is 10.9 Å². The number of aromatic nitrogens is 1. The number of nitrogens with zero attached hydrogens (tertiary/aromatic N) is 1. The number of aryl methyl sites for hydroxylation is 2. The van der Waals surface area contributed by atoms with Crippen LogP contribution in [0.5, 0.6) is 0 Å². The molecule has 96 valence electrons. The van der Waals surface area contributed by atoms with Gasteiger partial charge in [0.1, 0.15) is 0 Å². The van der Waals surface area contributed by atoms with Crippen LogP contribution in [0.1, 0.15) is 32.3 Å². The molecule has 0 radical (unpaired) electrons. The minimum absolute atomic E-state index is 0.141. The minimum Gasteiger partial charge on any atom is -0.316 e. The summed E-state index contributed by atoms with van der Waals surface area (Å²) in [7, 11) is 0. The topological polar surface area (TPSA) is 34.0 Å². The Hall–Kier alpha value is -1.09. The van der Waals surface area contributed by atoms with Crippen LogP contribution in [0.4, 0.5) is 0 Å². The highest BCUT2D eigenvalue weighted by molar-refractivity contribution is 5.07. The molecule has 0 bridgehead atoms. The predicted molar refractivity (Wildman–Crippen MR) is 72.4 cm³/mol. The second kappa shape index (κ2) is 7.28. The van der Waals surface area contributed by atoms with Gasteiger partial charge < -0.3 is 9.88 Å². The molecule has 0 aliphatic heterocycles. The van der Waals surface area contributed by atoms with E-state index in [0.717, 1.165) is 38.0 Å². The second-order valence-electron chi connectivity index (χ2n) is 4.99. The molecule has 1 heterocycles. The van der Waals surface area contributed by atoms with E-state index in [1.807, 2.05) is 25.3 Å². The lowest BCUT2D eigenvalue weighted by atomic mass is 10.2. The van der Waals surface area contributed by atoms with E-state index in [1.165, 1.54) is 0 Å². The summed E-state index contributed by atoms with van der Waals surface area (Å²) >= 11 is 0.